The lowest BCUT2D eigenvalue weighted by molar-refractivity contribution is -0.122. The summed E-state index contributed by atoms with van der Waals surface area (Å²) in [6, 6.07) is 9.01. The Kier molecular flexibility index (Phi) is 4.79. The molecule has 0 aliphatic rings. The molecule has 3 N–H and O–H groups in total. The number of para-hydroxylation sites is 1. The first-order valence-electron chi connectivity index (χ1n) is 5.34. The van der Waals surface area contributed by atoms with Gasteiger partial charge in [-0.2, -0.15) is 0 Å². The minimum Gasteiger partial charge on any atom is -0.489 e. The summed E-state index contributed by atoms with van der Waals surface area (Å²) in [4.78, 5) is 11.2. The summed E-state index contributed by atoms with van der Waals surface area (Å²) in [7, 11) is 0. The number of amides is 1. The number of carbonyl (C=O) groups excluding carboxylic acids is 1. The van der Waals surface area contributed by atoms with Crippen LogP contribution in [0, 0.1) is 0 Å². The van der Waals surface area contributed by atoms with Crippen molar-refractivity contribution in [1.82, 2.24) is 5.32 Å². The van der Waals surface area contributed by atoms with Gasteiger partial charge in [0.2, 0.25) is 5.91 Å². The van der Waals surface area contributed by atoms with Crippen LogP contribution in [0.5, 0.6) is 5.75 Å². The van der Waals surface area contributed by atoms with E-state index >= 15 is 0 Å². The lowest BCUT2D eigenvalue weighted by Crippen LogP contribution is -2.42. The molecule has 1 rings (SSSR count). The Bertz CT molecular complexity index is 325. The van der Waals surface area contributed by atoms with Crippen LogP contribution in [0.15, 0.2) is 30.3 Å². The first-order valence-corrected chi connectivity index (χ1v) is 5.34. The van der Waals surface area contributed by atoms with Crippen LogP contribution in [0.25, 0.3) is 0 Å². The van der Waals surface area contributed by atoms with Crippen LogP contribution in [0.2, 0.25) is 0 Å². The summed E-state index contributed by atoms with van der Waals surface area (Å²) in [5.74, 6) is 0.633. The van der Waals surface area contributed by atoms with E-state index in [1.54, 1.807) is 6.92 Å². The highest BCUT2D eigenvalue weighted by Crippen LogP contribution is 2.10. The van der Waals surface area contributed by atoms with Gasteiger partial charge in [0, 0.05) is 0 Å². The van der Waals surface area contributed by atoms with E-state index in [1.807, 2.05) is 37.3 Å². The van der Waals surface area contributed by atoms with E-state index in [9.17, 15) is 4.79 Å². The van der Waals surface area contributed by atoms with Crippen molar-refractivity contribution in [2.24, 2.45) is 5.73 Å². The zero-order chi connectivity index (χ0) is 12.0. The van der Waals surface area contributed by atoms with Crippen molar-refractivity contribution in [2.45, 2.75) is 26.0 Å². The Balaban J connectivity index is 2.31. The second-order valence-corrected chi connectivity index (χ2v) is 3.78. The SMILES string of the molecule is CC(CNC(=O)[C@H](C)N)Oc1ccccc1. The summed E-state index contributed by atoms with van der Waals surface area (Å²) in [6.45, 7) is 4.00. The molecular weight excluding hydrogens is 204 g/mol. The number of hydrogen-bond donors (Lipinski definition) is 2. The molecule has 1 amide bonds. The Morgan fingerprint density at radius 1 is 1.38 bits per heavy atom. The van der Waals surface area contributed by atoms with Gasteiger partial charge in [0.15, 0.2) is 0 Å². The van der Waals surface area contributed by atoms with Gasteiger partial charge < -0.3 is 15.8 Å². The zero-order valence-electron chi connectivity index (χ0n) is 9.64. The van der Waals surface area contributed by atoms with Crippen molar-refractivity contribution < 1.29 is 9.53 Å². The van der Waals surface area contributed by atoms with Gasteiger partial charge in [-0.3, -0.25) is 4.79 Å². The molecule has 88 valence electrons. The van der Waals surface area contributed by atoms with E-state index in [1.165, 1.54) is 0 Å². The Morgan fingerprint density at radius 2 is 2.00 bits per heavy atom. The Labute approximate surface area is 95.8 Å². The average molecular weight is 222 g/mol. The second kappa shape index (κ2) is 6.12. The molecule has 1 aromatic carbocycles. The predicted molar refractivity (Wildman–Crippen MR) is 63.2 cm³/mol. The molecule has 0 aliphatic carbocycles. The van der Waals surface area contributed by atoms with Gasteiger partial charge in [0.05, 0.1) is 12.6 Å². The molecule has 0 fully saturated rings. The van der Waals surface area contributed by atoms with E-state index in [0.29, 0.717) is 6.54 Å². The highest BCUT2D eigenvalue weighted by molar-refractivity contribution is 5.80. The van der Waals surface area contributed by atoms with E-state index in [0.717, 1.165) is 5.75 Å². The lowest BCUT2D eigenvalue weighted by atomic mass is 10.3. The molecule has 0 radical (unpaired) electrons. The fourth-order valence-electron chi connectivity index (χ4n) is 1.18. The smallest absolute Gasteiger partial charge is 0.236 e. The first-order chi connectivity index (χ1) is 7.59. The monoisotopic (exact) mass is 222 g/mol. The summed E-state index contributed by atoms with van der Waals surface area (Å²) in [5, 5.41) is 2.71. The molecule has 0 aromatic heterocycles. The normalized spacial score (nSPS) is 13.9. The third kappa shape index (κ3) is 4.31. The van der Waals surface area contributed by atoms with Crippen molar-refractivity contribution in [2.75, 3.05) is 6.54 Å². The van der Waals surface area contributed by atoms with Gasteiger partial charge >= 0.3 is 0 Å². The average Bonchev–Trinajstić information content (AvgIpc) is 2.27. The Hall–Kier alpha value is -1.55. The van der Waals surface area contributed by atoms with Crippen LogP contribution < -0.4 is 15.8 Å². The van der Waals surface area contributed by atoms with Crippen LogP contribution in [0.4, 0.5) is 0 Å². The molecule has 16 heavy (non-hydrogen) atoms. The molecule has 4 nitrogen and oxygen atoms in total. The molecule has 2 atom stereocenters. The van der Waals surface area contributed by atoms with Crippen molar-refractivity contribution in [3.8, 4) is 5.75 Å². The first kappa shape index (κ1) is 12.5. The summed E-state index contributed by atoms with van der Waals surface area (Å²) in [6.07, 6.45) is -0.0786. The number of ether oxygens (including phenoxy) is 1. The van der Waals surface area contributed by atoms with Crippen molar-refractivity contribution in [1.29, 1.82) is 0 Å². The fraction of sp³-hybridized carbons (Fsp3) is 0.417. The van der Waals surface area contributed by atoms with E-state index in [4.69, 9.17) is 10.5 Å². The number of nitrogens with two attached hydrogens (primary N) is 1. The summed E-state index contributed by atoms with van der Waals surface area (Å²) in [5.41, 5.74) is 5.42. The number of rotatable bonds is 5. The van der Waals surface area contributed by atoms with Gasteiger partial charge in [-0.15, -0.1) is 0 Å². The van der Waals surface area contributed by atoms with Crippen LogP contribution in [-0.2, 0) is 4.79 Å². The van der Waals surface area contributed by atoms with Crippen LogP contribution in [-0.4, -0.2) is 24.6 Å². The maximum atomic E-state index is 11.2. The van der Waals surface area contributed by atoms with Gasteiger partial charge in [-0.05, 0) is 26.0 Å². The number of benzene rings is 1. The third-order valence-electron chi connectivity index (χ3n) is 2.06. The standard InChI is InChI=1S/C12H18N2O2/c1-9(8-14-12(15)10(2)13)16-11-6-4-3-5-7-11/h3-7,9-10H,8,13H2,1-2H3,(H,14,15)/t9?,10-/m0/s1. The van der Waals surface area contributed by atoms with Gasteiger partial charge in [0.1, 0.15) is 11.9 Å². The zero-order valence-corrected chi connectivity index (χ0v) is 9.64. The fourth-order valence-corrected chi connectivity index (χ4v) is 1.18. The molecule has 1 unspecified atom stereocenters. The highest BCUT2D eigenvalue weighted by atomic mass is 16.5. The predicted octanol–water partition coefficient (Wildman–Crippen LogP) is 0.917. The third-order valence-corrected chi connectivity index (χ3v) is 2.06. The van der Waals surface area contributed by atoms with Crippen molar-refractivity contribution >= 4 is 5.91 Å². The molecule has 4 heteroatoms. The molecule has 0 spiro atoms. The largest absolute Gasteiger partial charge is 0.489 e. The molecular formula is C12H18N2O2. The number of hydrogen-bond acceptors (Lipinski definition) is 3. The molecule has 0 saturated heterocycles. The maximum absolute atomic E-state index is 11.2. The molecule has 0 aliphatic heterocycles. The van der Waals surface area contributed by atoms with Crippen LogP contribution >= 0.6 is 0 Å². The molecule has 0 bridgehead atoms. The molecule has 1 aromatic rings. The number of carbonyl (C=O) groups is 1. The van der Waals surface area contributed by atoms with E-state index in [-0.39, 0.29) is 12.0 Å². The Morgan fingerprint density at radius 3 is 2.56 bits per heavy atom. The van der Waals surface area contributed by atoms with Gasteiger partial charge in [-0.25, -0.2) is 0 Å². The molecule has 0 saturated carbocycles. The maximum Gasteiger partial charge on any atom is 0.236 e. The highest BCUT2D eigenvalue weighted by Gasteiger charge is 2.09. The van der Waals surface area contributed by atoms with Gasteiger partial charge in [0.25, 0.3) is 0 Å². The molecule has 0 heterocycles. The summed E-state index contributed by atoms with van der Waals surface area (Å²) < 4.78 is 5.59. The number of nitrogens with one attached hydrogen (secondary N) is 1. The lowest BCUT2D eigenvalue weighted by Gasteiger charge is -2.16. The minimum absolute atomic E-state index is 0.0786. The quantitative estimate of drug-likeness (QED) is 0.778. The van der Waals surface area contributed by atoms with Crippen molar-refractivity contribution in [3.63, 3.8) is 0 Å². The van der Waals surface area contributed by atoms with Crippen molar-refractivity contribution in [3.05, 3.63) is 30.3 Å². The van der Waals surface area contributed by atoms with Crippen LogP contribution in [0.1, 0.15) is 13.8 Å². The van der Waals surface area contributed by atoms with E-state index in [2.05, 4.69) is 5.32 Å². The minimum atomic E-state index is -0.482. The van der Waals surface area contributed by atoms with Gasteiger partial charge in [-0.1, -0.05) is 18.2 Å². The van der Waals surface area contributed by atoms with E-state index < -0.39 is 6.04 Å². The topological polar surface area (TPSA) is 64.4 Å². The summed E-state index contributed by atoms with van der Waals surface area (Å²) >= 11 is 0. The second-order valence-electron chi connectivity index (χ2n) is 3.78. The van der Waals surface area contributed by atoms with Crippen LogP contribution in [0.3, 0.4) is 0 Å².